The fourth-order valence-electron chi connectivity index (χ4n) is 3.07. The standard InChI is InChI=1S/C22H22N6O2S/c1-13-5-8-16(9-6-13)11-18-20(30)24-21-25-26-22(28(21)27-18)31-12-19(29)23-17-10-14(2)4-7-15(17)3/h4-10H,11-12H2,1-3H3,(H,23,29)(H,24,25,30). The van der Waals surface area contributed by atoms with Crippen LogP contribution in [0.1, 0.15) is 27.9 Å². The highest BCUT2D eigenvalue weighted by Crippen LogP contribution is 2.19. The number of hydrogen-bond donors (Lipinski definition) is 2. The molecule has 0 unspecified atom stereocenters. The third-order valence-corrected chi connectivity index (χ3v) is 5.73. The van der Waals surface area contributed by atoms with Gasteiger partial charge < -0.3 is 5.32 Å². The Morgan fingerprint density at radius 3 is 2.58 bits per heavy atom. The van der Waals surface area contributed by atoms with Gasteiger partial charge in [0.05, 0.1) is 5.75 Å². The summed E-state index contributed by atoms with van der Waals surface area (Å²) in [4.78, 5) is 27.5. The molecule has 158 valence electrons. The van der Waals surface area contributed by atoms with Crippen LogP contribution < -0.4 is 10.9 Å². The van der Waals surface area contributed by atoms with Crippen molar-refractivity contribution in [1.29, 1.82) is 0 Å². The number of carbonyl (C=O) groups is 1. The number of H-pyrrole nitrogens is 1. The molecule has 0 radical (unpaired) electrons. The lowest BCUT2D eigenvalue weighted by Gasteiger charge is -2.09. The predicted molar refractivity (Wildman–Crippen MR) is 121 cm³/mol. The zero-order valence-corrected chi connectivity index (χ0v) is 18.3. The van der Waals surface area contributed by atoms with Gasteiger partial charge in [-0.3, -0.25) is 14.6 Å². The van der Waals surface area contributed by atoms with Gasteiger partial charge in [-0.05, 0) is 43.5 Å². The van der Waals surface area contributed by atoms with Crippen LogP contribution in [-0.2, 0) is 11.2 Å². The molecule has 31 heavy (non-hydrogen) atoms. The summed E-state index contributed by atoms with van der Waals surface area (Å²) in [5.74, 6) is 0.234. The number of aromatic nitrogens is 5. The highest BCUT2D eigenvalue weighted by Gasteiger charge is 2.14. The first-order valence-corrected chi connectivity index (χ1v) is 10.8. The minimum Gasteiger partial charge on any atom is -0.325 e. The fraction of sp³-hybridized carbons (Fsp3) is 0.227. The molecule has 0 aliphatic rings. The van der Waals surface area contributed by atoms with Crippen LogP contribution in [0.4, 0.5) is 5.69 Å². The van der Waals surface area contributed by atoms with Crippen molar-refractivity contribution in [2.45, 2.75) is 32.3 Å². The van der Waals surface area contributed by atoms with Gasteiger partial charge in [0, 0.05) is 12.1 Å². The molecule has 0 spiro atoms. The Labute approximate surface area is 183 Å². The molecule has 8 nitrogen and oxygen atoms in total. The van der Waals surface area contributed by atoms with Crippen LogP contribution in [0.15, 0.2) is 52.4 Å². The number of fused-ring (bicyclic) bond motifs is 1. The van der Waals surface area contributed by atoms with E-state index in [1.165, 1.54) is 16.3 Å². The minimum atomic E-state index is -0.301. The van der Waals surface area contributed by atoms with Crippen LogP contribution >= 0.6 is 11.8 Å². The van der Waals surface area contributed by atoms with Gasteiger partial charge in [0.15, 0.2) is 0 Å². The molecule has 0 saturated heterocycles. The summed E-state index contributed by atoms with van der Waals surface area (Å²) in [7, 11) is 0. The molecule has 4 aromatic rings. The fourth-order valence-corrected chi connectivity index (χ4v) is 3.75. The Balaban J connectivity index is 1.50. The van der Waals surface area contributed by atoms with Crippen molar-refractivity contribution in [3.8, 4) is 0 Å². The second-order valence-corrected chi connectivity index (χ2v) is 8.38. The molecular formula is C22H22N6O2S. The summed E-state index contributed by atoms with van der Waals surface area (Å²) in [6, 6.07) is 13.9. The van der Waals surface area contributed by atoms with E-state index in [1.807, 2.05) is 63.2 Å². The average Bonchev–Trinajstić information content (AvgIpc) is 3.12. The monoisotopic (exact) mass is 434 g/mol. The van der Waals surface area contributed by atoms with Gasteiger partial charge in [-0.2, -0.15) is 9.61 Å². The number of hydrogen-bond acceptors (Lipinski definition) is 6. The summed E-state index contributed by atoms with van der Waals surface area (Å²) in [5.41, 5.74) is 5.06. The number of nitrogens with zero attached hydrogens (tertiary/aromatic N) is 4. The molecular weight excluding hydrogens is 412 g/mol. The number of amides is 1. The van der Waals surface area contributed by atoms with Gasteiger partial charge >= 0.3 is 0 Å². The van der Waals surface area contributed by atoms with E-state index in [4.69, 9.17) is 0 Å². The molecule has 9 heteroatoms. The Morgan fingerprint density at radius 2 is 1.81 bits per heavy atom. The maximum atomic E-state index is 12.4. The molecule has 0 aliphatic heterocycles. The smallest absolute Gasteiger partial charge is 0.274 e. The minimum absolute atomic E-state index is 0.141. The molecule has 2 aromatic heterocycles. The second-order valence-electron chi connectivity index (χ2n) is 7.44. The molecule has 2 heterocycles. The highest BCUT2D eigenvalue weighted by atomic mass is 32.2. The normalized spacial score (nSPS) is 11.1. The molecule has 4 rings (SSSR count). The number of anilines is 1. The molecule has 2 aromatic carbocycles. The Morgan fingerprint density at radius 1 is 1.06 bits per heavy atom. The molecule has 1 amide bonds. The van der Waals surface area contributed by atoms with Gasteiger partial charge in [0.1, 0.15) is 5.69 Å². The summed E-state index contributed by atoms with van der Waals surface area (Å²) in [6.07, 6.45) is 0.390. The van der Waals surface area contributed by atoms with Crippen LogP contribution in [0.25, 0.3) is 5.78 Å². The van der Waals surface area contributed by atoms with E-state index in [2.05, 4.69) is 25.6 Å². The Hall–Kier alpha value is -3.46. The molecule has 0 aliphatic carbocycles. The lowest BCUT2D eigenvalue weighted by molar-refractivity contribution is -0.113. The lowest BCUT2D eigenvalue weighted by atomic mass is 10.1. The van der Waals surface area contributed by atoms with Gasteiger partial charge in [-0.25, -0.2) is 0 Å². The Bertz CT molecular complexity index is 1310. The number of benzene rings is 2. The number of carbonyl (C=O) groups excluding carboxylic acids is 1. The largest absolute Gasteiger partial charge is 0.325 e. The van der Waals surface area contributed by atoms with Crippen LogP contribution in [0.2, 0.25) is 0 Å². The van der Waals surface area contributed by atoms with Crippen molar-refractivity contribution >= 4 is 29.1 Å². The first kappa shape index (κ1) is 20.8. The van der Waals surface area contributed by atoms with Crippen molar-refractivity contribution < 1.29 is 4.79 Å². The van der Waals surface area contributed by atoms with Gasteiger partial charge in [-0.15, -0.1) is 10.2 Å². The van der Waals surface area contributed by atoms with E-state index in [0.29, 0.717) is 17.3 Å². The molecule has 0 saturated carbocycles. The highest BCUT2D eigenvalue weighted by molar-refractivity contribution is 7.99. The van der Waals surface area contributed by atoms with Crippen LogP contribution in [0, 0.1) is 20.8 Å². The van der Waals surface area contributed by atoms with Gasteiger partial charge in [-0.1, -0.05) is 53.7 Å². The Kier molecular flexibility index (Phi) is 5.85. The van der Waals surface area contributed by atoms with E-state index >= 15 is 0 Å². The number of aryl methyl sites for hydroxylation is 3. The maximum absolute atomic E-state index is 12.4. The SMILES string of the molecule is Cc1ccc(Cc2nn3c(SCC(=O)Nc4cc(C)ccc4C)nnc3[nH]c2=O)cc1. The summed E-state index contributed by atoms with van der Waals surface area (Å²) in [5, 5.41) is 15.8. The van der Waals surface area contributed by atoms with E-state index in [0.717, 1.165) is 27.9 Å². The third kappa shape index (κ3) is 4.83. The van der Waals surface area contributed by atoms with E-state index in [-0.39, 0.29) is 23.0 Å². The van der Waals surface area contributed by atoms with Crippen molar-refractivity contribution in [3.63, 3.8) is 0 Å². The predicted octanol–water partition coefficient (Wildman–Crippen LogP) is 3.06. The molecule has 2 N–H and O–H groups in total. The van der Waals surface area contributed by atoms with E-state index in [9.17, 15) is 9.59 Å². The van der Waals surface area contributed by atoms with Gasteiger partial charge in [0.2, 0.25) is 11.1 Å². The number of nitrogens with one attached hydrogen (secondary N) is 2. The molecule has 0 atom stereocenters. The summed E-state index contributed by atoms with van der Waals surface area (Å²) >= 11 is 1.21. The van der Waals surface area contributed by atoms with Crippen molar-refractivity contribution in [2.75, 3.05) is 11.1 Å². The maximum Gasteiger partial charge on any atom is 0.274 e. The number of thioether (sulfide) groups is 1. The zero-order chi connectivity index (χ0) is 22.0. The quantitative estimate of drug-likeness (QED) is 0.452. The molecule has 0 bridgehead atoms. The van der Waals surface area contributed by atoms with Crippen molar-refractivity contribution in [2.24, 2.45) is 0 Å². The topological polar surface area (TPSA) is 105 Å². The third-order valence-electron chi connectivity index (χ3n) is 4.81. The van der Waals surface area contributed by atoms with Crippen LogP contribution in [0.3, 0.4) is 0 Å². The summed E-state index contributed by atoms with van der Waals surface area (Å²) in [6.45, 7) is 5.94. The second kappa shape index (κ2) is 8.73. The van der Waals surface area contributed by atoms with E-state index in [1.54, 1.807) is 0 Å². The zero-order valence-electron chi connectivity index (χ0n) is 17.5. The average molecular weight is 435 g/mol. The van der Waals surface area contributed by atoms with Crippen molar-refractivity contribution in [3.05, 3.63) is 80.8 Å². The first-order chi connectivity index (χ1) is 14.9. The number of rotatable bonds is 6. The van der Waals surface area contributed by atoms with Crippen LogP contribution in [-0.4, -0.2) is 36.5 Å². The number of aromatic amines is 1. The summed E-state index contributed by atoms with van der Waals surface area (Å²) < 4.78 is 1.47. The van der Waals surface area contributed by atoms with E-state index < -0.39 is 0 Å². The van der Waals surface area contributed by atoms with Gasteiger partial charge in [0.25, 0.3) is 11.3 Å². The first-order valence-electron chi connectivity index (χ1n) is 9.79. The van der Waals surface area contributed by atoms with Crippen molar-refractivity contribution in [1.82, 2.24) is 24.8 Å². The molecule has 0 fully saturated rings. The lowest BCUT2D eigenvalue weighted by Crippen LogP contribution is -2.19. The van der Waals surface area contributed by atoms with Crippen LogP contribution in [0.5, 0.6) is 0 Å².